The van der Waals surface area contributed by atoms with Crippen LogP contribution >= 0.6 is 0 Å². The van der Waals surface area contributed by atoms with Crippen molar-refractivity contribution in [3.63, 3.8) is 0 Å². The van der Waals surface area contributed by atoms with Crippen LogP contribution in [0.15, 0.2) is 24.3 Å². The molecule has 0 bridgehead atoms. The standard InChI is InChI=1S/C44H78O8/c1-3-5-7-9-11-13-15-17-18-20-22-24-26-28-30-34-42(47)51-38-41(46)39-52-44(49)36-35-43(48)50-37-31-33-40(45)32-29-27-25-23-21-19-16-14-12-10-8-6-4-2/h11,13,17-18,41,46H,3-10,12,14-16,19-39H2,1-2H3/b13-11-,18-17-. The summed E-state index contributed by atoms with van der Waals surface area (Å²) in [5.74, 6) is -1.34. The van der Waals surface area contributed by atoms with Gasteiger partial charge < -0.3 is 19.3 Å². The van der Waals surface area contributed by atoms with Crippen LogP contribution in [0.2, 0.25) is 0 Å². The Balaban J connectivity index is 3.59. The molecule has 0 saturated heterocycles. The fraction of sp³-hybridized carbons (Fsp3) is 0.818. The summed E-state index contributed by atoms with van der Waals surface area (Å²) in [6, 6.07) is 0. The van der Waals surface area contributed by atoms with Crippen LogP contribution in [0, 0.1) is 0 Å². The second-order valence-corrected chi connectivity index (χ2v) is 14.4. The van der Waals surface area contributed by atoms with Gasteiger partial charge in [-0.05, 0) is 51.4 Å². The van der Waals surface area contributed by atoms with Gasteiger partial charge in [-0.3, -0.25) is 19.2 Å². The molecule has 302 valence electrons. The van der Waals surface area contributed by atoms with Gasteiger partial charge in [0.05, 0.1) is 19.4 Å². The Morgan fingerprint density at radius 1 is 0.442 bits per heavy atom. The monoisotopic (exact) mass is 735 g/mol. The zero-order valence-electron chi connectivity index (χ0n) is 33.5. The van der Waals surface area contributed by atoms with Crippen LogP contribution in [0.3, 0.4) is 0 Å². The lowest BCUT2D eigenvalue weighted by atomic mass is 10.0. The Bertz CT molecular complexity index is 912. The van der Waals surface area contributed by atoms with E-state index in [1.165, 1.54) is 96.3 Å². The van der Waals surface area contributed by atoms with Gasteiger partial charge in [0.2, 0.25) is 0 Å². The minimum atomic E-state index is -1.12. The average Bonchev–Trinajstić information content (AvgIpc) is 3.14. The first-order valence-corrected chi connectivity index (χ1v) is 21.4. The normalized spacial score (nSPS) is 12.1. The number of hydrogen-bond donors (Lipinski definition) is 1. The Hall–Kier alpha value is -2.48. The molecule has 0 rings (SSSR count). The number of ether oxygens (including phenoxy) is 3. The fourth-order valence-corrected chi connectivity index (χ4v) is 5.85. The molecule has 1 atom stereocenters. The smallest absolute Gasteiger partial charge is 0.306 e. The maximum atomic E-state index is 12.1. The summed E-state index contributed by atoms with van der Waals surface area (Å²) in [4.78, 5) is 48.0. The molecule has 0 saturated carbocycles. The number of aliphatic hydroxyl groups excluding tert-OH is 1. The van der Waals surface area contributed by atoms with Crippen LogP contribution in [0.1, 0.15) is 206 Å². The summed E-state index contributed by atoms with van der Waals surface area (Å²) in [7, 11) is 0. The summed E-state index contributed by atoms with van der Waals surface area (Å²) in [5, 5.41) is 9.99. The van der Waals surface area contributed by atoms with Gasteiger partial charge in [0, 0.05) is 19.3 Å². The summed E-state index contributed by atoms with van der Waals surface area (Å²) in [6.07, 6.45) is 38.1. The molecule has 8 nitrogen and oxygen atoms in total. The third-order valence-electron chi connectivity index (χ3n) is 9.16. The van der Waals surface area contributed by atoms with Crippen molar-refractivity contribution in [2.45, 2.75) is 213 Å². The molecule has 0 aliphatic heterocycles. The molecule has 0 heterocycles. The predicted molar refractivity (Wildman–Crippen MR) is 212 cm³/mol. The van der Waals surface area contributed by atoms with Crippen molar-refractivity contribution in [3.05, 3.63) is 24.3 Å². The number of carbonyl (C=O) groups excluding carboxylic acids is 4. The molecule has 8 heteroatoms. The summed E-state index contributed by atoms with van der Waals surface area (Å²) < 4.78 is 15.2. The summed E-state index contributed by atoms with van der Waals surface area (Å²) in [6.45, 7) is 4.07. The predicted octanol–water partition coefficient (Wildman–Crippen LogP) is 11.4. The van der Waals surface area contributed by atoms with E-state index in [9.17, 15) is 24.3 Å². The highest BCUT2D eigenvalue weighted by Crippen LogP contribution is 2.14. The van der Waals surface area contributed by atoms with Crippen molar-refractivity contribution in [1.82, 2.24) is 0 Å². The highest BCUT2D eigenvalue weighted by atomic mass is 16.6. The first-order chi connectivity index (χ1) is 25.4. The molecule has 0 radical (unpaired) electrons. The Morgan fingerprint density at radius 2 is 0.827 bits per heavy atom. The van der Waals surface area contributed by atoms with Crippen LogP contribution in [0.25, 0.3) is 0 Å². The van der Waals surface area contributed by atoms with Gasteiger partial charge in [-0.1, -0.05) is 147 Å². The van der Waals surface area contributed by atoms with E-state index in [2.05, 4.69) is 38.2 Å². The van der Waals surface area contributed by atoms with Crippen molar-refractivity contribution >= 4 is 23.7 Å². The topological polar surface area (TPSA) is 116 Å². The van der Waals surface area contributed by atoms with Gasteiger partial charge in [-0.15, -0.1) is 0 Å². The number of aliphatic hydroxyl groups is 1. The number of Topliss-reactive ketones (excluding diaryl/α,β-unsaturated/α-hetero) is 1. The highest BCUT2D eigenvalue weighted by molar-refractivity contribution is 5.78. The minimum absolute atomic E-state index is 0.135. The number of esters is 3. The van der Waals surface area contributed by atoms with Crippen LogP contribution in [-0.2, 0) is 33.4 Å². The second-order valence-electron chi connectivity index (χ2n) is 14.4. The van der Waals surface area contributed by atoms with Gasteiger partial charge in [-0.25, -0.2) is 0 Å². The van der Waals surface area contributed by atoms with E-state index < -0.39 is 18.0 Å². The van der Waals surface area contributed by atoms with E-state index in [-0.39, 0.29) is 44.4 Å². The molecular weight excluding hydrogens is 656 g/mol. The minimum Gasteiger partial charge on any atom is -0.466 e. The lowest BCUT2D eigenvalue weighted by molar-refractivity contribution is -0.155. The maximum Gasteiger partial charge on any atom is 0.306 e. The van der Waals surface area contributed by atoms with E-state index in [4.69, 9.17) is 14.2 Å². The van der Waals surface area contributed by atoms with Crippen LogP contribution in [-0.4, -0.2) is 54.7 Å². The molecule has 0 aliphatic carbocycles. The third-order valence-corrected chi connectivity index (χ3v) is 9.16. The van der Waals surface area contributed by atoms with Gasteiger partial charge in [0.15, 0.2) is 0 Å². The molecule has 0 fully saturated rings. The van der Waals surface area contributed by atoms with Crippen LogP contribution < -0.4 is 0 Å². The van der Waals surface area contributed by atoms with Crippen LogP contribution in [0.4, 0.5) is 0 Å². The van der Waals surface area contributed by atoms with Gasteiger partial charge in [0.1, 0.15) is 25.1 Å². The molecule has 0 aliphatic rings. The molecule has 0 aromatic rings. The summed E-state index contributed by atoms with van der Waals surface area (Å²) in [5.41, 5.74) is 0. The van der Waals surface area contributed by atoms with Crippen molar-refractivity contribution in [2.75, 3.05) is 19.8 Å². The molecule has 0 aromatic heterocycles. The Labute approximate surface area is 318 Å². The van der Waals surface area contributed by atoms with Crippen molar-refractivity contribution in [1.29, 1.82) is 0 Å². The molecule has 0 amide bonds. The first kappa shape index (κ1) is 49.5. The SMILES string of the molecule is CCCCC/C=C\C/C=C\CCCCCCCC(=O)OCC(O)COC(=O)CCC(=O)OCCCC(=O)CCCCCCCCCCCCCCC. The summed E-state index contributed by atoms with van der Waals surface area (Å²) >= 11 is 0. The van der Waals surface area contributed by atoms with Crippen molar-refractivity contribution < 1.29 is 38.5 Å². The van der Waals surface area contributed by atoms with Crippen molar-refractivity contribution in [3.8, 4) is 0 Å². The van der Waals surface area contributed by atoms with Gasteiger partial charge in [-0.2, -0.15) is 0 Å². The second kappa shape index (κ2) is 39.7. The zero-order valence-corrected chi connectivity index (χ0v) is 33.5. The van der Waals surface area contributed by atoms with E-state index in [1.807, 2.05) is 0 Å². The lowest BCUT2D eigenvalue weighted by Crippen LogP contribution is -2.25. The first-order valence-electron chi connectivity index (χ1n) is 21.4. The number of hydrogen-bond acceptors (Lipinski definition) is 8. The van der Waals surface area contributed by atoms with E-state index >= 15 is 0 Å². The van der Waals surface area contributed by atoms with E-state index in [0.717, 1.165) is 57.8 Å². The molecule has 1 N–H and O–H groups in total. The highest BCUT2D eigenvalue weighted by Gasteiger charge is 2.14. The molecule has 1 unspecified atom stereocenters. The Kier molecular flexibility index (Phi) is 37.8. The molecular formula is C44H78O8. The van der Waals surface area contributed by atoms with Crippen LogP contribution in [0.5, 0.6) is 0 Å². The number of ketones is 1. The number of unbranched alkanes of at least 4 members (excludes halogenated alkanes) is 20. The maximum absolute atomic E-state index is 12.1. The zero-order chi connectivity index (χ0) is 38.2. The number of rotatable bonds is 39. The average molecular weight is 735 g/mol. The van der Waals surface area contributed by atoms with E-state index in [0.29, 0.717) is 25.7 Å². The molecule has 52 heavy (non-hydrogen) atoms. The third kappa shape index (κ3) is 38.7. The fourth-order valence-electron chi connectivity index (χ4n) is 5.85. The number of carbonyl (C=O) groups is 4. The van der Waals surface area contributed by atoms with Gasteiger partial charge in [0.25, 0.3) is 0 Å². The molecule has 0 aromatic carbocycles. The quantitative estimate of drug-likeness (QED) is 0.0287. The molecule has 0 spiro atoms. The number of allylic oxidation sites excluding steroid dienone is 4. The van der Waals surface area contributed by atoms with Gasteiger partial charge >= 0.3 is 17.9 Å². The van der Waals surface area contributed by atoms with Crippen molar-refractivity contribution in [2.24, 2.45) is 0 Å². The largest absolute Gasteiger partial charge is 0.466 e. The Morgan fingerprint density at radius 3 is 1.37 bits per heavy atom. The van der Waals surface area contributed by atoms with E-state index in [1.54, 1.807) is 0 Å². The lowest BCUT2D eigenvalue weighted by Gasteiger charge is -2.12.